The second-order valence-electron chi connectivity index (χ2n) is 5.65. The first-order chi connectivity index (χ1) is 11.2. The van der Waals surface area contributed by atoms with Crippen LogP contribution in [-0.4, -0.2) is 38.9 Å². The fourth-order valence-corrected chi connectivity index (χ4v) is 2.92. The third kappa shape index (κ3) is 3.34. The van der Waals surface area contributed by atoms with Crippen molar-refractivity contribution >= 4 is 5.91 Å². The number of amides is 1. The summed E-state index contributed by atoms with van der Waals surface area (Å²) in [6, 6.07) is 4.97. The molecule has 0 radical (unpaired) electrons. The largest absolute Gasteiger partial charge is 0.505 e. The van der Waals surface area contributed by atoms with Crippen molar-refractivity contribution in [2.24, 2.45) is 13.0 Å². The fraction of sp³-hybridized carbons (Fsp3) is 0.438. The highest BCUT2D eigenvalue weighted by Gasteiger charge is 2.30. The molecule has 0 aliphatic carbocycles. The standard InChI is InChI=1S/C16H20N4O3/c1-20-12(6-8-19-20)15-11(4-3-9-23-15)10-18-16(22)14-13(21)5-2-7-17-14/h2,5-8,11,15,21H,3-4,9-10H2,1H3,(H,18,22)/t11-,15+/m0/s1. The predicted molar refractivity (Wildman–Crippen MR) is 82.9 cm³/mol. The average Bonchev–Trinajstić information content (AvgIpc) is 2.99. The zero-order valence-corrected chi connectivity index (χ0v) is 13.0. The SMILES string of the molecule is Cn1nccc1[C@@H]1OCCC[C@H]1CNC(=O)c1ncccc1O. The molecule has 3 rings (SSSR count). The molecule has 23 heavy (non-hydrogen) atoms. The molecule has 0 aromatic carbocycles. The van der Waals surface area contributed by atoms with Gasteiger partial charge in [0.1, 0.15) is 11.9 Å². The number of carbonyl (C=O) groups excluding carboxylic acids is 1. The van der Waals surface area contributed by atoms with E-state index in [0.717, 1.165) is 18.5 Å². The van der Waals surface area contributed by atoms with Crippen LogP contribution in [-0.2, 0) is 11.8 Å². The van der Waals surface area contributed by atoms with E-state index in [0.29, 0.717) is 13.2 Å². The van der Waals surface area contributed by atoms with Gasteiger partial charge < -0.3 is 15.2 Å². The van der Waals surface area contributed by atoms with Gasteiger partial charge in [-0.25, -0.2) is 4.98 Å². The molecule has 0 bridgehead atoms. The molecule has 7 nitrogen and oxygen atoms in total. The third-order valence-corrected chi connectivity index (χ3v) is 4.12. The average molecular weight is 316 g/mol. The molecule has 2 aromatic rings. The summed E-state index contributed by atoms with van der Waals surface area (Å²) in [5.41, 5.74) is 1.05. The number of pyridine rings is 1. The Kier molecular flexibility index (Phi) is 4.57. The summed E-state index contributed by atoms with van der Waals surface area (Å²) in [5, 5.41) is 16.7. The van der Waals surface area contributed by atoms with Gasteiger partial charge >= 0.3 is 0 Å². The number of aryl methyl sites for hydroxylation is 1. The summed E-state index contributed by atoms with van der Waals surface area (Å²) in [6.45, 7) is 1.17. The lowest BCUT2D eigenvalue weighted by molar-refractivity contribution is -0.0317. The number of aromatic hydroxyl groups is 1. The highest BCUT2D eigenvalue weighted by atomic mass is 16.5. The molecule has 0 saturated carbocycles. The molecule has 2 N–H and O–H groups in total. The smallest absolute Gasteiger partial charge is 0.273 e. The van der Waals surface area contributed by atoms with Gasteiger partial charge in [0.05, 0.1) is 5.69 Å². The quantitative estimate of drug-likeness (QED) is 0.890. The maximum Gasteiger partial charge on any atom is 0.273 e. The van der Waals surface area contributed by atoms with E-state index < -0.39 is 0 Å². The predicted octanol–water partition coefficient (Wildman–Crippen LogP) is 1.42. The Labute approximate surface area is 134 Å². The number of hydrogen-bond donors (Lipinski definition) is 2. The van der Waals surface area contributed by atoms with Crippen molar-refractivity contribution in [3.63, 3.8) is 0 Å². The summed E-state index contributed by atoms with van der Waals surface area (Å²) >= 11 is 0. The van der Waals surface area contributed by atoms with Gasteiger partial charge in [0, 0.05) is 38.5 Å². The van der Waals surface area contributed by atoms with E-state index in [1.54, 1.807) is 16.9 Å². The van der Waals surface area contributed by atoms with Gasteiger partial charge in [0.25, 0.3) is 5.91 Å². The third-order valence-electron chi connectivity index (χ3n) is 4.12. The number of nitrogens with zero attached hydrogens (tertiary/aromatic N) is 3. The van der Waals surface area contributed by atoms with Crippen LogP contribution in [0.1, 0.15) is 35.1 Å². The van der Waals surface area contributed by atoms with Crippen molar-refractivity contribution in [2.45, 2.75) is 18.9 Å². The van der Waals surface area contributed by atoms with Gasteiger partial charge in [-0.05, 0) is 31.0 Å². The van der Waals surface area contributed by atoms with Crippen LogP contribution in [0, 0.1) is 5.92 Å². The zero-order valence-electron chi connectivity index (χ0n) is 13.0. The Morgan fingerprint density at radius 1 is 1.48 bits per heavy atom. The first-order valence-electron chi connectivity index (χ1n) is 7.68. The van der Waals surface area contributed by atoms with E-state index >= 15 is 0 Å². The van der Waals surface area contributed by atoms with Crippen molar-refractivity contribution in [3.8, 4) is 5.75 Å². The second-order valence-corrected chi connectivity index (χ2v) is 5.65. The summed E-state index contributed by atoms with van der Waals surface area (Å²) < 4.78 is 7.70. The van der Waals surface area contributed by atoms with Crippen LogP contribution in [0.25, 0.3) is 0 Å². The van der Waals surface area contributed by atoms with Crippen LogP contribution in [0.5, 0.6) is 5.75 Å². The lowest BCUT2D eigenvalue weighted by Crippen LogP contribution is -2.36. The molecular weight excluding hydrogens is 296 g/mol. The number of rotatable bonds is 4. The van der Waals surface area contributed by atoms with Crippen LogP contribution in [0.15, 0.2) is 30.6 Å². The lowest BCUT2D eigenvalue weighted by atomic mass is 9.92. The van der Waals surface area contributed by atoms with Crippen LogP contribution in [0.2, 0.25) is 0 Å². The van der Waals surface area contributed by atoms with Gasteiger partial charge in [0.2, 0.25) is 0 Å². The molecule has 3 heterocycles. The van der Waals surface area contributed by atoms with Gasteiger partial charge in [-0.3, -0.25) is 9.48 Å². The molecule has 0 spiro atoms. The molecule has 122 valence electrons. The van der Waals surface area contributed by atoms with E-state index in [1.807, 2.05) is 13.1 Å². The Morgan fingerprint density at radius 2 is 2.35 bits per heavy atom. The van der Waals surface area contributed by atoms with Crippen LogP contribution >= 0.6 is 0 Å². The number of carbonyl (C=O) groups is 1. The molecule has 1 saturated heterocycles. The lowest BCUT2D eigenvalue weighted by Gasteiger charge is -2.31. The highest BCUT2D eigenvalue weighted by molar-refractivity contribution is 5.94. The number of aromatic nitrogens is 3. The molecule has 2 aromatic heterocycles. The van der Waals surface area contributed by atoms with Crippen LogP contribution in [0.3, 0.4) is 0 Å². The van der Waals surface area contributed by atoms with Gasteiger partial charge in [-0.2, -0.15) is 5.10 Å². The van der Waals surface area contributed by atoms with E-state index in [9.17, 15) is 9.90 Å². The van der Waals surface area contributed by atoms with Crippen molar-refractivity contribution in [1.82, 2.24) is 20.1 Å². The Balaban J connectivity index is 1.67. The van der Waals surface area contributed by atoms with Crippen molar-refractivity contribution < 1.29 is 14.6 Å². The number of hydrogen-bond acceptors (Lipinski definition) is 5. The molecule has 1 aliphatic rings. The normalized spacial score (nSPS) is 21.1. The summed E-state index contributed by atoms with van der Waals surface area (Å²) in [7, 11) is 1.88. The molecule has 1 fully saturated rings. The monoisotopic (exact) mass is 316 g/mol. The molecule has 7 heteroatoms. The second kappa shape index (κ2) is 6.78. The minimum absolute atomic E-state index is 0.0429. The van der Waals surface area contributed by atoms with E-state index in [-0.39, 0.29) is 29.4 Å². The number of nitrogens with one attached hydrogen (secondary N) is 1. The topological polar surface area (TPSA) is 89.3 Å². The van der Waals surface area contributed by atoms with Crippen molar-refractivity contribution in [2.75, 3.05) is 13.2 Å². The molecule has 1 aliphatic heterocycles. The first-order valence-corrected chi connectivity index (χ1v) is 7.68. The summed E-state index contributed by atoms with van der Waals surface area (Å²) in [6.07, 6.45) is 5.06. The van der Waals surface area contributed by atoms with Crippen LogP contribution < -0.4 is 5.32 Å². The maximum atomic E-state index is 12.2. The Morgan fingerprint density at radius 3 is 3.09 bits per heavy atom. The number of ether oxygens (including phenoxy) is 1. The van der Waals surface area contributed by atoms with Gasteiger partial charge in [-0.15, -0.1) is 0 Å². The minimum atomic E-state index is -0.377. The van der Waals surface area contributed by atoms with Crippen molar-refractivity contribution in [1.29, 1.82) is 0 Å². The van der Waals surface area contributed by atoms with Crippen LogP contribution in [0.4, 0.5) is 0 Å². The minimum Gasteiger partial charge on any atom is -0.505 e. The molecule has 0 unspecified atom stereocenters. The summed E-state index contributed by atoms with van der Waals surface area (Å²) in [4.78, 5) is 16.1. The zero-order chi connectivity index (χ0) is 16.2. The molecule has 1 amide bonds. The van der Waals surface area contributed by atoms with Crippen molar-refractivity contribution in [3.05, 3.63) is 42.0 Å². The first kappa shape index (κ1) is 15.5. The van der Waals surface area contributed by atoms with Gasteiger partial charge in [0.15, 0.2) is 5.69 Å². The fourth-order valence-electron chi connectivity index (χ4n) is 2.92. The Hall–Kier alpha value is -2.41. The van der Waals surface area contributed by atoms with E-state index in [2.05, 4.69) is 15.4 Å². The maximum absolute atomic E-state index is 12.2. The van der Waals surface area contributed by atoms with Gasteiger partial charge in [-0.1, -0.05) is 0 Å². The van der Waals surface area contributed by atoms with E-state index in [4.69, 9.17) is 4.74 Å². The summed E-state index contributed by atoms with van der Waals surface area (Å²) in [5.74, 6) is -0.334. The molecular formula is C16H20N4O3. The van der Waals surface area contributed by atoms with E-state index in [1.165, 1.54) is 12.3 Å². The highest BCUT2D eigenvalue weighted by Crippen LogP contribution is 2.32. The molecule has 2 atom stereocenters. The Bertz CT molecular complexity index is 685.